The molecule has 0 unspecified atom stereocenters. The Morgan fingerprint density at radius 1 is 1.26 bits per heavy atom. The average molecular weight is 457 g/mol. The van der Waals surface area contributed by atoms with Gasteiger partial charge in [-0.1, -0.05) is 29.3 Å². The summed E-state index contributed by atoms with van der Waals surface area (Å²) in [5.74, 6) is 0.866. The third-order valence-corrected chi connectivity index (χ3v) is 5.01. The lowest BCUT2D eigenvalue weighted by molar-refractivity contribution is -0.136. The molecule has 0 radical (unpaired) electrons. The molecule has 2 N–H and O–H groups in total. The standard InChI is InChI=1S/C19H25BrN2O4S/c1-5-7-8-26-15-10-13(20)12(9-14(15)25-6-2)17-16(18(23)24-4)11(3)21-19(27)22-17/h9-10,17H,5-8H2,1-4H3,(H2,21,22,27)/t17-/m0/s1. The van der Waals surface area contributed by atoms with Gasteiger partial charge in [0.15, 0.2) is 16.6 Å². The van der Waals surface area contributed by atoms with E-state index in [1.54, 1.807) is 6.92 Å². The maximum atomic E-state index is 12.4. The number of carbonyl (C=O) groups excluding carboxylic acids is 1. The van der Waals surface area contributed by atoms with Gasteiger partial charge in [-0.2, -0.15) is 0 Å². The third kappa shape index (κ3) is 5.13. The fourth-order valence-corrected chi connectivity index (χ4v) is 3.61. The van der Waals surface area contributed by atoms with Crippen LogP contribution in [0.1, 0.15) is 45.2 Å². The van der Waals surface area contributed by atoms with Crippen LogP contribution in [-0.2, 0) is 9.53 Å². The number of carbonyl (C=O) groups is 1. The van der Waals surface area contributed by atoms with Gasteiger partial charge in [-0.3, -0.25) is 0 Å². The number of methoxy groups -OCH3 is 1. The van der Waals surface area contributed by atoms with Crippen LogP contribution in [0.15, 0.2) is 27.9 Å². The Hall–Kier alpha value is -1.80. The van der Waals surface area contributed by atoms with Crippen LogP contribution in [0.3, 0.4) is 0 Å². The summed E-state index contributed by atoms with van der Waals surface area (Å²) in [5.41, 5.74) is 1.93. The van der Waals surface area contributed by atoms with Crippen LogP contribution in [0.4, 0.5) is 0 Å². The monoisotopic (exact) mass is 456 g/mol. The second-order valence-electron chi connectivity index (χ2n) is 6.02. The Bertz CT molecular complexity index is 751. The van der Waals surface area contributed by atoms with Crippen molar-refractivity contribution in [3.8, 4) is 11.5 Å². The minimum Gasteiger partial charge on any atom is -0.490 e. The van der Waals surface area contributed by atoms with Gasteiger partial charge in [0.2, 0.25) is 0 Å². The quantitative estimate of drug-likeness (QED) is 0.348. The molecule has 1 aliphatic heterocycles. The molecule has 0 saturated carbocycles. The number of hydrogen-bond acceptors (Lipinski definition) is 5. The highest BCUT2D eigenvalue weighted by molar-refractivity contribution is 9.10. The number of allylic oxidation sites excluding steroid dienone is 1. The topological polar surface area (TPSA) is 68.8 Å². The summed E-state index contributed by atoms with van der Waals surface area (Å²) >= 11 is 8.88. The lowest BCUT2D eigenvalue weighted by Crippen LogP contribution is -2.45. The van der Waals surface area contributed by atoms with E-state index in [1.807, 2.05) is 19.1 Å². The van der Waals surface area contributed by atoms with E-state index in [4.69, 9.17) is 26.4 Å². The molecule has 0 amide bonds. The normalized spacial score (nSPS) is 16.5. The average Bonchev–Trinajstić information content (AvgIpc) is 2.62. The molecule has 1 aromatic carbocycles. The SMILES string of the molecule is CCCCOc1cc(Br)c([C@@H]2NC(=S)NC(C)=C2C(=O)OC)cc1OCC. The van der Waals surface area contributed by atoms with E-state index in [9.17, 15) is 4.79 Å². The van der Waals surface area contributed by atoms with E-state index in [2.05, 4.69) is 33.5 Å². The predicted molar refractivity (Wildman–Crippen MR) is 112 cm³/mol. The van der Waals surface area contributed by atoms with E-state index in [0.29, 0.717) is 41.1 Å². The van der Waals surface area contributed by atoms with Crippen LogP contribution in [0.5, 0.6) is 11.5 Å². The Morgan fingerprint density at radius 3 is 2.59 bits per heavy atom. The van der Waals surface area contributed by atoms with E-state index in [1.165, 1.54) is 7.11 Å². The molecule has 0 fully saturated rings. The molecule has 1 aromatic rings. The van der Waals surface area contributed by atoms with Crippen molar-refractivity contribution in [2.24, 2.45) is 0 Å². The van der Waals surface area contributed by atoms with E-state index >= 15 is 0 Å². The molecule has 0 aromatic heterocycles. The first kappa shape index (κ1) is 21.5. The molecule has 1 heterocycles. The molecule has 1 atom stereocenters. The van der Waals surface area contributed by atoms with Crippen molar-refractivity contribution in [3.05, 3.63) is 33.4 Å². The summed E-state index contributed by atoms with van der Waals surface area (Å²) < 4.78 is 17.4. The van der Waals surface area contributed by atoms with Crippen LogP contribution in [0.2, 0.25) is 0 Å². The highest BCUT2D eigenvalue weighted by atomic mass is 79.9. The summed E-state index contributed by atoms with van der Waals surface area (Å²) in [6, 6.07) is 3.27. The van der Waals surface area contributed by atoms with Gasteiger partial charge in [0, 0.05) is 10.2 Å². The van der Waals surface area contributed by atoms with Crippen molar-refractivity contribution < 1.29 is 19.0 Å². The number of benzene rings is 1. The van der Waals surface area contributed by atoms with Gasteiger partial charge in [0.1, 0.15) is 0 Å². The van der Waals surface area contributed by atoms with Crippen LogP contribution in [0, 0.1) is 0 Å². The Balaban J connectivity index is 2.49. The van der Waals surface area contributed by atoms with Crippen LogP contribution in [-0.4, -0.2) is 31.4 Å². The second kappa shape index (κ2) is 9.94. The zero-order valence-electron chi connectivity index (χ0n) is 16.0. The lowest BCUT2D eigenvalue weighted by Gasteiger charge is -2.30. The fraction of sp³-hybridized carbons (Fsp3) is 0.474. The summed E-state index contributed by atoms with van der Waals surface area (Å²) in [4.78, 5) is 12.4. The summed E-state index contributed by atoms with van der Waals surface area (Å²) in [5, 5.41) is 6.57. The highest BCUT2D eigenvalue weighted by Crippen LogP contribution is 2.40. The van der Waals surface area contributed by atoms with Crippen LogP contribution >= 0.6 is 28.1 Å². The number of nitrogens with one attached hydrogen (secondary N) is 2. The highest BCUT2D eigenvalue weighted by Gasteiger charge is 2.32. The number of unbranched alkanes of at least 4 members (excludes halogenated alkanes) is 1. The maximum absolute atomic E-state index is 12.4. The van der Waals surface area contributed by atoms with Gasteiger partial charge < -0.3 is 24.8 Å². The zero-order chi connectivity index (χ0) is 20.0. The van der Waals surface area contributed by atoms with Crippen molar-refractivity contribution >= 4 is 39.2 Å². The van der Waals surface area contributed by atoms with Gasteiger partial charge >= 0.3 is 5.97 Å². The molecule has 2 rings (SSSR count). The van der Waals surface area contributed by atoms with E-state index in [0.717, 1.165) is 22.9 Å². The largest absolute Gasteiger partial charge is 0.490 e. The molecule has 148 valence electrons. The molecule has 6 nitrogen and oxygen atoms in total. The van der Waals surface area contributed by atoms with Gasteiger partial charge in [-0.25, -0.2) is 4.79 Å². The first-order valence-corrected chi connectivity index (χ1v) is 10.1. The number of hydrogen-bond donors (Lipinski definition) is 2. The van der Waals surface area contributed by atoms with E-state index < -0.39 is 12.0 Å². The Morgan fingerprint density at radius 2 is 1.96 bits per heavy atom. The molecule has 8 heteroatoms. The summed E-state index contributed by atoms with van der Waals surface area (Å²) in [7, 11) is 1.36. The Kier molecular flexibility index (Phi) is 7.91. The third-order valence-electron chi connectivity index (χ3n) is 4.10. The molecule has 0 aliphatic carbocycles. The Labute approximate surface area is 173 Å². The number of halogens is 1. The van der Waals surface area contributed by atoms with Gasteiger partial charge in [0.25, 0.3) is 0 Å². The first-order chi connectivity index (χ1) is 12.9. The smallest absolute Gasteiger partial charge is 0.337 e. The molecule has 0 spiro atoms. The minimum absolute atomic E-state index is 0.423. The van der Waals surface area contributed by atoms with E-state index in [-0.39, 0.29) is 0 Å². The van der Waals surface area contributed by atoms with Crippen molar-refractivity contribution in [3.63, 3.8) is 0 Å². The molecule has 0 saturated heterocycles. The summed E-state index contributed by atoms with van der Waals surface area (Å²) in [6.45, 7) is 6.94. The molecule has 1 aliphatic rings. The predicted octanol–water partition coefficient (Wildman–Crippen LogP) is 3.99. The zero-order valence-corrected chi connectivity index (χ0v) is 18.4. The van der Waals surface area contributed by atoms with Crippen molar-refractivity contribution in [1.82, 2.24) is 10.6 Å². The molecule has 27 heavy (non-hydrogen) atoms. The van der Waals surface area contributed by atoms with Gasteiger partial charge in [-0.05, 0) is 50.2 Å². The number of rotatable bonds is 8. The number of esters is 1. The lowest BCUT2D eigenvalue weighted by atomic mass is 9.95. The molecular formula is C19H25BrN2O4S. The second-order valence-corrected chi connectivity index (χ2v) is 7.28. The van der Waals surface area contributed by atoms with Crippen molar-refractivity contribution in [2.45, 2.75) is 39.7 Å². The van der Waals surface area contributed by atoms with Gasteiger partial charge in [0.05, 0.1) is 31.9 Å². The number of thiocarbonyl (C=S) groups is 1. The summed E-state index contributed by atoms with van der Waals surface area (Å²) in [6.07, 6.45) is 2.01. The van der Waals surface area contributed by atoms with Crippen LogP contribution < -0.4 is 20.1 Å². The van der Waals surface area contributed by atoms with Gasteiger partial charge in [-0.15, -0.1) is 0 Å². The first-order valence-electron chi connectivity index (χ1n) is 8.88. The molecular weight excluding hydrogens is 432 g/mol. The minimum atomic E-state index is -0.468. The van der Waals surface area contributed by atoms with Crippen molar-refractivity contribution in [1.29, 1.82) is 0 Å². The van der Waals surface area contributed by atoms with Crippen molar-refractivity contribution in [2.75, 3.05) is 20.3 Å². The number of ether oxygens (including phenoxy) is 3. The maximum Gasteiger partial charge on any atom is 0.337 e. The van der Waals surface area contributed by atoms with Crippen LogP contribution in [0.25, 0.3) is 0 Å². The fourth-order valence-electron chi connectivity index (χ4n) is 2.79. The molecule has 0 bridgehead atoms.